The minimum Gasteiger partial charge on any atom is -0.370 e. The predicted octanol–water partition coefficient (Wildman–Crippen LogP) is -3.61. The van der Waals surface area contributed by atoms with Crippen LogP contribution in [-0.2, 0) is 67.3 Å². The molecule has 8 rings (SSSR count). The summed E-state index contributed by atoms with van der Waals surface area (Å²) in [5, 5.41) is 16.9. The van der Waals surface area contributed by atoms with Gasteiger partial charge >= 0.3 is 0 Å². The standard InChI is InChI=1S/C62H92N20O10/c63-40(18-8-25-71-60(64)65)51(84)77-42(20-10-27-73-62(68)69)56(89)80-30-12-23-47(80)58(91)79-29-11-22-46(79)54(87)74-34-50(83)75-44(31-36-13-2-1-3-14-36)53(86)78-43-24-28-70-52(85)41(19-9-26-72-61(66)67)76-55(88)48-33-38-16-6-7-21-45(38)82(48)59(92)49-32-37-15-4-5-17-39(37)35-81(49)57(43)90/h1-5,13-15,17,38,40-49H,6-12,16,18-35,63H2,(H,70,85)(H,74,87)(H,75,83)(H,76,88)(H,77,84)(H,78,86)(H4,64,65,71)(H4,66,67,72)(H4,68,69,73)/t38?,40-,41+,42+,43+,44+,45?,46+,47+,48+,49-/m1/s1. The van der Waals surface area contributed by atoms with Gasteiger partial charge < -0.3 is 91.6 Å². The number of carbonyl (C=O) groups is 10. The van der Waals surface area contributed by atoms with Crippen LogP contribution in [0.15, 0.2) is 69.6 Å². The Hall–Kier alpha value is -9.09. The number of hydrogen-bond acceptors (Lipinski definition) is 14. The zero-order chi connectivity index (χ0) is 66.0. The molecule has 0 aromatic heterocycles. The van der Waals surface area contributed by atoms with Crippen LogP contribution >= 0.6 is 0 Å². The van der Waals surface area contributed by atoms with E-state index in [0.29, 0.717) is 50.5 Å². The third-order valence-corrected chi connectivity index (χ3v) is 18.3. The maximum Gasteiger partial charge on any atom is 0.246 e. The van der Waals surface area contributed by atoms with Crippen LogP contribution in [-0.4, -0.2) is 203 Å². The number of amides is 10. The van der Waals surface area contributed by atoms with E-state index in [1.54, 1.807) is 35.2 Å². The molecule has 5 heterocycles. The van der Waals surface area contributed by atoms with Gasteiger partial charge in [-0.3, -0.25) is 62.9 Å². The molecular formula is C62H92N20O10. The van der Waals surface area contributed by atoms with Crippen molar-refractivity contribution in [2.45, 2.75) is 183 Å². The Morgan fingerprint density at radius 2 is 1.28 bits per heavy atom. The first-order valence-electron chi connectivity index (χ1n) is 32.2. The molecule has 10 amide bonds. The number of benzene rings is 2. The molecule has 6 aliphatic rings. The minimum absolute atomic E-state index is 0.00926. The lowest BCUT2D eigenvalue weighted by Crippen LogP contribution is -2.63. The fourth-order valence-electron chi connectivity index (χ4n) is 13.7. The van der Waals surface area contributed by atoms with Gasteiger partial charge in [-0.2, -0.15) is 0 Å². The Balaban J connectivity index is 0.975. The van der Waals surface area contributed by atoms with Crippen molar-refractivity contribution >= 4 is 77.0 Å². The highest BCUT2D eigenvalue weighted by atomic mass is 16.2. The summed E-state index contributed by atoms with van der Waals surface area (Å²) in [6, 6.07) is 6.24. The summed E-state index contributed by atoms with van der Waals surface area (Å²) in [6.07, 6.45) is 6.52. The number of guanidine groups is 3. The molecule has 1 saturated carbocycles. The van der Waals surface area contributed by atoms with Crippen molar-refractivity contribution in [3.8, 4) is 0 Å². The zero-order valence-electron chi connectivity index (χ0n) is 52.2. The third-order valence-electron chi connectivity index (χ3n) is 18.3. The second-order valence-electron chi connectivity index (χ2n) is 24.7. The lowest BCUT2D eigenvalue weighted by Gasteiger charge is -2.43. The van der Waals surface area contributed by atoms with Crippen LogP contribution in [0, 0.1) is 5.92 Å². The van der Waals surface area contributed by atoms with Crippen LogP contribution in [0.4, 0.5) is 0 Å². The summed E-state index contributed by atoms with van der Waals surface area (Å²) >= 11 is 0. The first-order valence-corrected chi connectivity index (χ1v) is 32.2. The smallest absolute Gasteiger partial charge is 0.246 e. The molecule has 0 bridgehead atoms. The monoisotopic (exact) mass is 1280 g/mol. The molecule has 92 heavy (non-hydrogen) atoms. The zero-order valence-corrected chi connectivity index (χ0v) is 52.2. The molecular weight excluding hydrogens is 1180 g/mol. The molecule has 0 spiro atoms. The quantitative estimate of drug-likeness (QED) is 0.0274. The van der Waals surface area contributed by atoms with Crippen molar-refractivity contribution in [2.24, 2.45) is 61.0 Å². The van der Waals surface area contributed by atoms with Gasteiger partial charge in [-0.15, -0.1) is 0 Å². The molecule has 4 saturated heterocycles. The Labute approximate surface area is 535 Å². The lowest BCUT2D eigenvalue weighted by atomic mass is 9.84. The van der Waals surface area contributed by atoms with Crippen molar-refractivity contribution in [1.82, 2.24) is 51.5 Å². The van der Waals surface area contributed by atoms with Gasteiger partial charge in [0.2, 0.25) is 59.1 Å². The first kappa shape index (κ1) is 68.8. The summed E-state index contributed by atoms with van der Waals surface area (Å²) in [4.78, 5) is 163. The van der Waals surface area contributed by atoms with Gasteiger partial charge in [-0.05, 0) is 112 Å². The average Bonchev–Trinajstić information content (AvgIpc) is 1.49. The summed E-state index contributed by atoms with van der Waals surface area (Å²) in [7, 11) is 0. The van der Waals surface area contributed by atoms with E-state index in [-0.39, 0.29) is 127 Å². The van der Waals surface area contributed by atoms with Crippen molar-refractivity contribution in [2.75, 3.05) is 45.8 Å². The highest BCUT2D eigenvalue weighted by Crippen LogP contribution is 2.41. The van der Waals surface area contributed by atoms with E-state index < -0.39 is 120 Å². The molecule has 2 unspecified atom stereocenters. The third kappa shape index (κ3) is 18.1. The largest absolute Gasteiger partial charge is 0.370 e. The molecule has 2 aromatic rings. The van der Waals surface area contributed by atoms with Gasteiger partial charge in [-0.25, -0.2) is 0 Å². The van der Waals surface area contributed by atoms with Crippen molar-refractivity contribution < 1.29 is 47.9 Å². The van der Waals surface area contributed by atoms with E-state index in [2.05, 4.69) is 46.9 Å². The predicted molar refractivity (Wildman–Crippen MR) is 341 cm³/mol. The fourth-order valence-corrected chi connectivity index (χ4v) is 13.7. The number of fused-ring (bicyclic) bond motifs is 5. The number of nitrogens with one attached hydrogen (secondary N) is 6. The summed E-state index contributed by atoms with van der Waals surface area (Å²) in [5.41, 5.74) is 41.6. The van der Waals surface area contributed by atoms with E-state index in [1.807, 2.05) is 24.3 Å². The average molecular weight is 1280 g/mol. The number of hydrogen-bond donors (Lipinski definition) is 13. The molecule has 500 valence electrons. The van der Waals surface area contributed by atoms with Gasteiger partial charge in [0.15, 0.2) is 17.9 Å². The van der Waals surface area contributed by atoms with Gasteiger partial charge in [0.05, 0.1) is 12.6 Å². The molecule has 30 nitrogen and oxygen atoms in total. The van der Waals surface area contributed by atoms with E-state index in [0.717, 1.165) is 30.4 Å². The van der Waals surface area contributed by atoms with Crippen LogP contribution in [0.5, 0.6) is 0 Å². The SMILES string of the molecule is NC(N)=NCCC[C@@H](N)C(=O)N[C@@H](CCCN=C(N)N)C(=O)N1CCC[C@H]1C(=O)N1CCC[C@H]1C(=O)NCC(=O)N[C@@H](Cc1ccccc1)C(=O)N[C@H]1CCNC(=O)[C@H](CCCN=C(N)N)NC(=O)[C@@H]2CC3CCCCC3N2C(=O)[C@H]2Cc3ccccc3CN2C1=O. The van der Waals surface area contributed by atoms with Gasteiger partial charge in [0.25, 0.3) is 0 Å². The molecule has 0 radical (unpaired) electrons. The number of aliphatic imine (C=N–C) groups is 3. The summed E-state index contributed by atoms with van der Waals surface area (Å²) in [5.74, 6) is -6.12. The lowest BCUT2D eigenvalue weighted by molar-refractivity contribution is -0.153. The Bertz CT molecular complexity index is 3080. The van der Waals surface area contributed by atoms with Gasteiger partial charge in [-0.1, -0.05) is 67.4 Å². The number of nitrogens with two attached hydrogens (primary N) is 7. The van der Waals surface area contributed by atoms with Crippen LogP contribution in [0.25, 0.3) is 0 Å². The van der Waals surface area contributed by atoms with Gasteiger partial charge in [0, 0.05) is 64.7 Å². The number of nitrogens with zero attached hydrogens (tertiary/aromatic N) is 7. The molecule has 30 heteroatoms. The van der Waals surface area contributed by atoms with Crippen molar-refractivity contribution in [1.29, 1.82) is 0 Å². The van der Waals surface area contributed by atoms with E-state index >= 15 is 9.59 Å². The van der Waals surface area contributed by atoms with Crippen molar-refractivity contribution in [3.63, 3.8) is 0 Å². The summed E-state index contributed by atoms with van der Waals surface area (Å²) in [6.45, 7) is 0.218. The van der Waals surface area contributed by atoms with Crippen molar-refractivity contribution in [3.05, 3.63) is 71.3 Å². The van der Waals surface area contributed by atoms with E-state index in [1.165, 1.54) is 14.7 Å². The highest BCUT2D eigenvalue weighted by Gasteiger charge is 2.52. The van der Waals surface area contributed by atoms with Crippen LogP contribution in [0.2, 0.25) is 0 Å². The van der Waals surface area contributed by atoms with Crippen LogP contribution < -0.4 is 72.0 Å². The minimum atomic E-state index is -1.36. The van der Waals surface area contributed by atoms with Gasteiger partial charge in [0.1, 0.15) is 48.3 Å². The molecule has 5 fully saturated rings. The molecule has 11 atom stereocenters. The highest BCUT2D eigenvalue weighted by molar-refractivity contribution is 5.99. The number of rotatable bonds is 24. The maximum atomic E-state index is 15.5. The van der Waals surface area contributed by atoms with E-state index in [4.69, 9.17) is 40.1 Å². The molecule has 1 aliphatic carbocycles. The Morgan fingerprint density at radius 3 is 1.99 bits per heavy atom. The maximum absolute atomic E-state index is 15.5. The second kappa shape index (κ2) is 32.8. The topological polar surface area (TPSA) is 475 Å². The van der Waals surface area contributed by atoms with Crippen LogP contribution in [0.1, 0.15) is 119 Å². The van der Waals surface area contributed by atoms with Crippen LogP contribution in [0.3, 0.4) is 0 Å². The normalized spacial score (nSPS) is 24.1. The first-order chi connectivity index (χ1) is 44.2. The second-order valence-corrected chi connectivity index (χ2v) is 24.7. The van der Waals surface area contributed by atoms with E-state index in [9.17, 15) is 38.4 Å². The molecule has 5 aliphatic heterocycles. The summed E-state index contributed by atoms with van der Waals surface area (Å²) < 4.78 is 0. The molecule has 20 N–H and O–H groups in total. The Kier molecular flexibility index (Phi) is 24.5. The number of likely N-dealkylation sites (tertiary alicyclic amines) is 2. The fraction of sp³-hybridized carbons (Fsp3) is 0.597. The number of carbonyl (C=O) groups excluding carboxylic acids is 10. The molecule has 2 aromatic carbocycles. The Morgan fingerprint density at radius 1 is 0.641 bits per heavy atom.